The highest BCUT2D eigenvalue weighted by Gasteiger charge is 2.30. The first kappa shape index (κ1) is 17.6. The van der Waals surface area contributed by atoms with Crippen LogP contribution in [0.1, 0.15) is 50.5 Å². The van der Waals surface area contributed by atoms with Crippen LogP contribution in [0, 0.1) is 6.92 Å². The van der Waals surface area contributed by atoms with Gasteiger partial charge in [-0.2, -0.15) is 0 Å². The van der Waals surface area contributed by atoms with Crippen molar-refractivity contribution in [3.05, 3.63) is 17.5 Å². The van der Waals surface area contributed by atoms with Gasteiger partial charge < -0.3 is 25.1 Å². The molecule has 8 heteroatoms. The smallest absolute Gasteiger partial charge is 0.268 e. The van der Waals surface area contributed by atoms with E-state index >= 15 is 0 Å². The van der Waals surface area contributed by atoms with Gasteiger partial charge in [-0.1, -0.05) is 12.8 Å². The Bertz CT molecular complexity index is 744. The van der Waals surface area contributed by atoms with E-state index in [9.17, 15) is 10.2 Å². The van der Waals surface area contributed by atoms with Crippen molar-refractivity contribution in [1.82, 2.24) is 15.2 Å². The second kappa shape index (κ2) is 6.97. The molecule has 3 rings (SSSR count). The summed E-state index contributed by atoms with van der Waals surface area (Å²) >= 11 is 0. The van der Waals surface area contributed by atoms with Crippen LogP contribution in [0.5, 0.6) is 5.88 Å². The highest BCUT2D eigenvalue weighted by atomic mass is 16.5. The lowest BCUT2D eigenvalue weighted by Crippen LogP contribution is -2.23. The number of aliphatic hydroxyl groups is 2. The molecule has 0 unspecified atom stereocenters. The molecule has 0 fully saturated rings. The third-order valence-electron chi connectivity index (χ3n) is 4.46. The molecule has 8 nitrogen and oxygen atoms in total. The maximum atomic E-state index is 10.6. The first-order valence-corrected chi connectivity index (χ1v) is 8.52. The van der Waals surface area contributed by atoms with Crippen LogP contribution in [0.3, 0.4) is 0 Å². The minimum absolute atomic E-state index is 0.0940. The SMILES string of the molecule is Cc1cc(N)c2nc1O[C@H](CO)CCCCC[C@@](C)(O)c1nnc-2o1. The van der Waals surface area contributed by atoms with Gasteiger partial charge in [-0.3, -0.25) is 0 Å². The minimum atomic E-state index is -1.20. The Morgan fingerprint density at radius 1 is 1.32 bits per heavy atom. The molecule has 1 aliphatic rings. The highest BCUT2D eigenvalue weighted by Crippen LogP contribution is 2.33. The van der Waals surface area contributed by atoms with Crippen molar-refractivity contribution in [2.45, 2.75) is 57.7 Å². The van der Waals surface area contributed by atoms with Crippen LogP contribution >= 0.6 is 0 Å². The number of nitrogens with two attached hydrogens (primary N) is 1. The zero-order chi connectivity index (χ0) is 18.0. The van der Waals surface area contributed by atoms with E-state index in [1.165, 1.54) is 0 Å². The summed E-state index contributed by atoms with van der Waals surface area (Å²) < 4.78 is 11.5. The number of pyridine rings is 1. The molecule has 0 saturated carbocycles. The molecule has 2 atom stereocenters. The van der Waals surface area contributed by atoms with Crippen molar-refractivity contribution in [3.63, 3.8) is 0 Å². The average Bonchev–Trinajstić information content (AvgIpc) is 3.05. The fourth-order valence-electron chi connectivity index (χ4n) is 2.92. The number of nitrogens with zero attached hydrogens (tertiary/aromatic N) is 3. The fraction of sp³-hybridized carbons (Fsp3) is 0.588. The molecule has 3 heterocycles. The Hall–Kier alpha value is -2.19. The molecule has 0 aliphatic carbocycles. The van der Waals surface area contributed by atoms with Crippen LogP contribution in [0.2, 0.25) is 0 Å². The predicted molar refractivity (Wildman–Crippen MR) is 90.8 cm³/mol. The quantitative estimate of drug-likeness (QED) is 0.713. The molecular weight excluding hydrogens is 324 g/mol. The Labute approximate surface area is 146 Å². The molecular formula is C17H24N4O4. The first-order valence-electron chi connectivity index (χ1n) is 8.52. The Balaban J connectivity index is 2.05. The largest absolute Gasteiger partial charge is 0.472 e. The molecule has 0 saturated heterocycles. The number of nitrogen functional groups attached to an aromatic ring is 1. The van der Waals surface area contributed by atoms with E-state index < -0.39 is 5.60 Å². The normalized spacial score (nSPS) is 24.4. The third kappa shape index (κ3) is 3.74. The molecule has 2 aromatic heterocycles. The lowest BCUT2D eigenvalue weighted by molar-refractivity contribution is 0.0172. The van der Waals surface area contributed by atoms with Crippen molar-refractivity contribution >= 4 is 5.69 Å². The van der Waals surface area contributed by atoms with E-state index in [0.29, 0.717) is 30.1 Å². The Kier molecular flexibility index (Phi) is 4.91. The lowest BCUT2D eigenvalue weighted by Gasteiger charge is -2.20. The molecule has 0 spiro atoms. The number of ether oxygens (including phenoxy) is 1. The number of hydrogen-bond donors (Lipinski definition) is 3. The van der Waals surface area contributed by atoms with E-state index in [4.69, 9.17) is 14.9 Å². The van der Waals surface area contributed by atoms with Gasteiger partial charge >= 0.3 is 0 Å². The number of aromatic nitrogens is 3. The van der Waals surface area contributed by atoms with Crippen LogP contribution < -0.4 is 10.5 Å². The summed E-state index contributed by atoms with van der Waals surface area (Å²) in [6.45, 7) is 3.40. The highest BCUT2D eigenvalue weighted by molar-refractivity contribution is 5.67. The van der Waals surface area contributed by atoms with Crippen molar-refractivity contribution in [2.75, 3.05) is 12.3 Å². The van der Waals surface area contributed by atoms with Crippen molar-refractivity contribution < 1.29 is 19.4 Å². The lowest BCUT2D eigenvalue weighted by atomic mass is 9.97. The predicted octanol–water partition coefficient (Wildman–Crippen LogP) is 1.93. The summed E-state index contributed by atoms with van der Waals surface area (Å²) in [4.78, 5) is 4.42. The summed E-state index contributed by atoms with van der Waals surface area (Å²) in [7, 11) is 0. The molecule has 4 bridgehead atoms. The molecule has 0 aromatic carbocycles. The van der Waals surface area contributed by atoms with Gasteiger partial charge in [0.15, 0.2) is 5.69 Å². The van der Waals surface area contributed by atoms with Gasteiger partial charge in [0.25, 0.3) is 5.89 Å². The van der Waals surface area contributed by atoms with E-state index in [1.807, 2.05) is 6.92 Å². The van der Waals surface area contributed by atoms with Crippen LogP contribution in [-0.2, 0) is 5.60 Å². The van der Waals surface area contributed by atoms with E-state index in [0.717, 1.165) is 24.8 Å². The van der Waals surface area contributed by atoms with Crippen LogP contribution in [-0.4, -0.2) is 38.1 Å². The first-order chi connectivity index (χ1) is 11.9. The third-order valence-corrected chi connectivity index (χ3v) is 4.46. The maximum Gasteiger partial charge on any atom is 0.268 e. The maximum absolute atomic E-state index is 10.6. The number of rotatable bonds is 1. The van der Waals surface area contributed by atoms with Crippen LogP contribution in [0.15, 0.2) is 10.5 Å². The number of aliphatic hydroxyl groups excluding tert-OH is 1. The summed E-state index contributed by atoms with van der Waals surface area (Å²) in [6, 6.07) is 1.72. The van der Waals surface area contributed by atoms with E-state index in [-0.39, 0.29) is 24.5 Å². The Morgan fingerprint density at radius 2 is 2.12 bits per heavy atom. The number of hydrogen-bond acceptors (Lipinski definition) is 8. The van der Waals surface area contributed by atoms with Gasteiger partial charge in [-0.05, 0) is 39.2 Å². The molecule has 136 valence electrons. The minimum Gasteiger partial charge on any atom is -0.472 e. The fourth-order valence-corrected chi connectivity index (χ4v) is 2.92. The topological polar surface area (TPSA) is 128 Å². The van der Waals surface area contributed by atoms with Gasteiger partial charge in [-0.15, -0.1) is 10.2 Å². The second-order valence-corrected chi connectivity index (χ2v) is 6.76. The van der Waals surface area contributed by atoms with E-state index in [2.05, 4.69) is 15.2 Å². The van der Waals surface area contributed by atoms with Crippen LogP contribution in [0.4, 0.5) is 5.69 Å². The summed E-state index contributed by atoms with van der Waals surface area (Å²) in [5, 5.41) is 28.1. The molecule has 4 N–H and O–H groups in total. The molecule has 0 amide bonds. The van der Waals surface area contributed by atoms with Gasteiger partial charge in [0.2, 0.25) is 11.8 Å². The zero-order valence-electron chi connectivity index (χ0n) is 14.5. The summed E-state index contributed by atoms with van der Waals surface area (Å²) in [5.74, 6) is 0.666. The molecule has 1 aliphatic heterocycles. The van der Waals surface area contributed by atoms with Gasteiger partial charge in [0.05, 0.1) is 12.3 Å². The second-order valence-electron chi connectivity index (χ2n) is 6.76. The van der Waals surface area contributed by atoms with Crippen LogP contribution in [0.25, 0.3) is 11.6 Å². The zero-order valence-corrected chi connectivity index (χ0v) is 14.5. The number of aryl methyl sites for hydroxylation is 1. The summed E-state index contributed by atoms with van der Waals surface area (Å²) in [6.07, 6.45) is 3.44. The Morgan fingerprint density at radius 3 is 2.88 bits per heavy atom. The molecule has 25 heavy (non-hydrogen) atoms. The van der Waals surface area contributed by atoms with Crippen molar-refractivity contribution in [3.8, 4) is 17.5 Å². The van der Waals surface area contributed by atoms with Gasteiger partial charge in [0, 0.05) is 5.56 Å². The van der Waals surface area contributed by atoms with Gasteiger partial charge in [-0.25, -0.2) is 4.98 Å². The number of anilines is 1. The molecule has 0 radical (unpaired) electrons. The standard InChI is InChI=1S/C17H24N4O4/c1-10-8-12(18)13-15-20-21-16(25-15)17(2,23)7-5-3-4-6-11(9-22)24-14(10)19-13/h8,11,22-23H,3-7,9,18H2,1-2H3/t11-,17+/m0/s1. The van der Waals surface area contributed by atoms with Crippen molar-refractivity contribution in [2.24, 2.45) is 0 Å². The average molecular weight is 348 g/mol. The number of fused-ring (bicyclic) bond motifs is 5. The molecule has 2 aromatic rings. The van der Waals surface area contributed by atoms with Gasteiger partial charge in [0.1, 0.15) is 11.7 Å². The summed E-state index contributed by atoms with van der Waals surface area (Å²) in [5.41, 5.74) is 6.30. The van der Waals surface area contributed by atoms with E-state index in [1.54, 1.807) is 13.0 Å². The monoisotopic (exact) mass is 348 g/mol. The van der Waals surface area contributed by atoms with Crippen molar-refractivity contribution in [1.29, 1.82) is 0 Å².